The molecular weight excluding hydrogens is 264 g/mol. The molecule has 3 heterocycles. The molecule has 0 atom stereocenters. The minimum atomic E-state index is 0.375. The third kappa shape index (κ3) is 2.48. The van der Waals surface area contributed by atoms with Crippen LogP contribution in [0.4, 0.5) is 5.82 Å². The molecule has 0 spiro atoms. The highest BCUT2D eigenvalue weighted by Gasteiger charge is 2.06. The van der Waals surface area contributed by atoms with Gasteiger partial charge in [-0.25, -0.2) is 0 Å². The van der Waals surface area contributed by atoms with Gasteiger partial charge in [-0.2, -0.15) is 19.6 Å². The molecule has 7 heteroatoms. The Morgan fingerprint density at radius 2 is 2.21 bits per heavy atom. The van der Waals surface area contributed by atoms with E-state index in [4.69, 9.17) is 11.6 Å². The van der Waals surface area contributed by atoms with E-state index in [2.05, 4.69) is 25.4 Å². The third-order valence-corrected chi connectivity index (χ3v) is 2.81. The van der Waals surface area contributed by atoms with E-state index in [0.717, 1.165) is 17.2 Å². The number of aromatic nitrogens is 5. The predicted octanol–water partition coefficient (Wildman–Crippen LogP) is 2.09. The Morgan fingerprint density at radius 1 is 1.32 bits per heavy atom. The van der Waals surface area contributed by atoms with Gasteiger partial charge in [-0.3, -0.25) is 4.98 Å². The van der Waals surface area contributed by atoms with Crippen LogP contribution >= 0.6 is 11.6 Å². The highest BCUT2D eigenvalue weighted by Crippen LogP contribution is 2.15. The van der Waals surface area contributed by atoms with Crippen molar-refractivity contribution in [3.63, 3.8) is 0 Å². The van der Waals surface area contributed by atoms with E-state index < -0.39 is 0 Å². The Kier molecular flexibility index (Phi) is 3.00. The van der Waals surface area contributed by atoms with Crippen molar-refractivity contribution >= 4 is 23.2 Å². The summed E-state index contributed by atoms with van der Waals surface area (Å²) in [7, 11) is 0. The van der Waals surface area contributed by atoms with Crippen LogP contribution in [-0.4, -0.2) is 24.6 Å². The molecule has 3 aromatic heterocycles. The fraction of sp³-hybridized carbons (Fsp3) is 0.167. The molecule has 0 saturated carbocycles. The largest absolute Gasteiger partial charge is 0.364 e. The predicted molar refractivity (Wildman–Crippen MR) is 72.1 cm³/mol. The minimum absolute atomic E-state index is 0.375. The molecule has 19 heavy (non-hydrogen) atoms. The van der Waals surface area contributed by atoms with Crippen molar-refractivity contribution in [2.45, 2.75) is 13.5 Å². The summed E-state index contributed by atoms with van der Waals surface area (Å²) in [6.07, 6.45) is 1.44. The van der Waals surface area contributed by atoms with Crippen molar-refractivity contribution in [1.29, 1.82) is 0 Å². The number of anilines is 1. The highest BCUT2D eigenvalue weighted by molar-refractivity contribution is 6.29. The normalized spacial score (nSPS) is 10.8. The molecule has 0 aliphatic rings. The number of halogens is 1. The standard InChI is InChI=1S/C12H11ClN6/c1-8-3-2-4-9(17-8)6-14-11-5-10(13)18-12-15-7-16-19(11)12/h2-5,7,14H,6H2,1H3. The zero-order valence-electron chi connectivity index (χ0n) is 10.2. The van der Waals surface area contributed by atoms with E-state index in [0.29, 0.717) is 17.5 Å². The molecular formula is C12H11ClN6. The Morgan fingerprint density at radius 3 is 3.05 bits per heavy atom. The molecule has 0 radical (unpaired) electrons. The molecule has 96 valence electrons. The van der Waals surface area contributed by atoms with Gasteiger partial charge in [-0.15, -0.1) is 0 Å². The summed E-state index contributed by atoms with van der Waals surface area (Å²) in [4.78, 5) is 12.5. The van der Waals surface area contributed by atoms with Crippen LogP contribution in [0.1, 0.15) is 11.4 Å². The second-order valence-corrected chi connectivity index (χ2v) is 4.45. The first-order valence-corrected chi connectivity index (χ1v) is 6.13. The van der Waals surface area contributed by atoms with Gasteiger partial charge in [0, 0.05) is 11.8 Å². The van der Waals surface area contributed by atoms with E-state index >= 15 is 0 Å². The van der Waals surface area contributed by atoms with Gasteiger partial charge < -0.3 is 5.32 Å². The van der Waals surface area contributed by atoms with Crippen molar-refractivity contribution < 1.29 is 0 Å². The Balaban J connectivity index is 1.87. The van der Waals surface area contributed by atoms with Crippen LogP contribution in [0.5, 0.6) is 0 Å². The van der Waals surface area contributed by atoms with Crippen molar-refractivity contribution in [2.24, 2.45) is 0 Å². The van der Waals surface area contributed by atoms with E-state index in [9.17, 15) is 0 Å². The first kappa shape index (κ1) is 11.9. The van der Waals surface area contributed by atoms with Gasteiger partial charge in [-0.1, -0.05) is 17.7 Å². The molecule has 3 rings (SSSR count). The Labute approximate surface area is 114 Å². The number of nitrogens with one attached hydrogen (secondary N) is 1. The third-order valence-electron chi connectivity index (χ3n) is 2.62. The summed E-state index contributed by atoms with van der Waals surface area (Å²) in [5.41, 5.74) is 1.93. The zero-order chi connectivity index (χ0) is 13.2. The molecule has 0 aliphatic heterocycles. The van der Waals surface area contributed by atoms with Crippen LogP contribution in [0.25, 0.3) is 5.78 Å². The first-order chi connectivity index (χ1) is 9.22. The Bertz CT molecular complexity index is 723. The maximum absolute atomic E-state index is 5.94. The summed E-state index contributed by atoms with van der Waals surface area (Å²) >= 11 is 5.94. The van der Waals surface area contributed by atoms with Crippen LogP contribution in [0.2, 0.25) is 5.15 Å². The smallest absolute Gasteiger partial charge is 0.255 e. The molecule has 0 amide bonds. The number of hydrogen-bond donors (Lipinski definition) is 1. The number of hydrogen-bond acceptors (Lipinski definition) is 5. The van der Waals surface area contributed by atoms with Gasteiger partial charge in [-0.05, 0) is 19.1 Å². The summed E-state index contributed by atoms with van der Waals surface area (Å²) in [6.45, 7) is 2.54. The second kappa shape index (κ2) is 4.81. The molecule has 1 N–H and O–H groups in total. The van der Waals surface area contributed by atoms with Crippen LogP contribution in [0, 0.1) is 6.92 Å². The van der Waals surface area contributed by atoms with Gasteiger partial charge in [0.25, 0.3) is 5.78 Å². The van der Waals surface area contributed by atoms with Crippen LogP contribution in [0.3, 0.4) is 0 Å². The molecule has 0 aromatic carbocycles. The summed E-state index contributed by atoms with van der Waals surface area (Å²) in [5, 5.41) is 7.70. The number of fused-ring (bicyclic) bond motifs is 1. The van der Waals surface area contributed by atoms with Crippen molar-refractivity contribution in [1.82, 2.24) is 24.6 Å². The quantitative estimate of drug-likeness (QED) is 0.741. The molecule has 0 bridgehead atoms. The molecule has 6 nitrogen and oxygen atoms in total. The van der Waals surface area contributed by atoms with Crippen LogP contribution in [-0.2, 0) is 6.54 Å². The summed E-state index contributed by atoms with van der Waals surface area (Å²) in [5.74, 6) is 1.20. The Hall–Kier alpha value is -2.21. The lowest BCUT2D eigenvalue weighted by Crippen LogP contribution is -2.07. The van der Waals surface area contributed by atoms with E-state index in [-0.39, 0.29) is 0 Å². The lowest BCUT2D eigenvalue weighted by Gasteiger charge is -2.08. The van der Waals surface area contributed by atoms with E-state index in [1.165, 1.54) is 6.33 Å². The minimum Gasteiger partial charge on any atom is -0.364 e. The van der Waals surface area contributed by atoms with Gasteiger partial charge >= 0.3 is 0 Å². The number of nitrogens with zero attached hydrogens (tertiary/aromatic N) is 5. The zero-order valence-corrected chi connectivity index (χ0v) is 11.0. The van der Waals surface area contributed by atoms with E-state index in [1.807, 2.05) is 25.1 Å². The monoisotopic (exact) mass is 274 g/mol. The summed E-state index contributed by atoms with van der Waals surface area (Å²) in [6, 6.07) is 7.60. The SMILES string of the molecule is Cc1cccc(CNc2cc(Cl)nc3ncnn23)n1. The highest BCUT2D eigenvalue weighted by atomic mass is 35.5. The van der Waals surface area contributed by atoms with Crippen molar-refractivity contribution in [2.75, 3.05) is 5.32 Å². The fourth-order valence-electron chi connectivity index (χ4n) is 1.79. The first-order valence-electron chi connectivity index (χ1n) is 5.75. The molecule has 3 aromatic rings. The molecule has 0 fully saturated rings. The maximum atomic E-state index is 5.94. The van der Waals surface area contributed by atoms with Gasteiger partial charge in [0.05, 0.1) is 12.2 Å². The lowest BCUT2D eigenvalue weighted by molar-refractivity contribution is 0.913. The van der Waals surface area contributed by atoms with Crippen molar-refractivity contribution in [3.05, 3.63) is 47.1 Å². The van der Waals surface area contributed by atoms with E-state index in [1.54, 1.807) is 10.6 Å². The van der Waals surface area contributed by atoms with Gasteiger partial charge in [0.15, 0.2) is 0 Å². The van der Waals surface area contributed by atoms with Gasteiger partial charge in [0.1, 0.15) is 17.3 Å². The second-order valence-electron chi connectivity index (χ2n) is 4.06. The average Bonchev–Trinajstić information content (AvgIpc) is 2.84. The average molecular weight is 275 g/mol. The maximum Gasteiger partial charge on any atom is 0.255 e. The fourth-order valence-corrected chi connectivity index (χ4v) is 1.97. The lowest BCUT2D eigenvalue weighted by atomic mass is 10.3. The summed E-state index contributed by atoms with van der Waals surface area (Å²) < 4.78 is 1.60. The van der Waals surface area contributed by atoms with Crippen molar-refractivity contribution in [3.8, 4) is 0 Å². The topological polar surface area (TPSA) is 68.0 Å². The molecule has 0 unspecified atom stereocenters. The van der Waals surface area contributed by atoms with Crippen LogP contribution in [0.15, 0.2) is 30.6 Å². The van der Waals surface area contributed by atoms with Gasteiger partial charge in [0.2, 0.25) is 0 Å². The molecule has 0 aliphatic carbocycles. The number of pyridine rings is 1. The molecule has 0 saturated heterocycles. The number of aryl methyl sites for hydroxylation is 1. The van der Waals surface area contributed by atoms with Crippen LogP contribution < -0.4 is 5.32 Å². The number of rotatable bonds is 3.